The maximum atomic E-state index is 5.18. The molecule has 92 valence electrons. The average Bonchev–Trinajstić information content (AvgIpc) is 2.24. The van der Waals surface area contributed by atoms with Crippen LogP contribution in [0.25, 0.3) is 0 Å². The van der Waals surface area contributed by atoms with Gasteiger partial charge in [-0.1, -0.05) is 33.6 Å². The largest absolute Gasteiger partial charge is 0.384 e. The first-order valence-corrected chi connectivity index (χ1v) is 6.33. The van der Waals surface area contributed by atoms with Gasteiger partial charge in [0.05, 0.1) is 0 Å². The molecule has 0 aliphatic carbocycles. The van der Waals surface area contributed by atoms with Gasteiger partial charge >= 0.3 is 0 Å². The predicted octanol–water partition coefficient (Wildman–Crippen LogP) is 3.07. The number of hydrogen-bond acceptors (Lipinski definition) is 2. The lowest BCUT2D eigenvalue weighted by Crippen LogP contribution is -2.30. The van der Waals surface area contributed by atoms with Crippen molar-refractivity contribution in [3.63, 3.8) is 0 Å². The third-order valence-corrected chi connectivity index (χ3v) is 3.32. The standard InChI is InChI=1S/C13H29NO/c1-6-12(7-2)9-13(14-4)8-11(3)10-15-5/h11-14H,6-10H2,1-5H3. The van der Waals surface area contributed by atoms with Gasteiger partial charge in [0.25, 0.3) is 0 Å². The molecule has 0 aromatic heterocycles. The molecule has 2 atom stereocenters. The molecule has 0 bridgehead atoms. The highest BCUT2D eigenvalue weighted by Crippen LogP contribution is 2.19. The van der Waals surface area contributed by atoms with Crippen LogP contribution in [0.4, 0.5) is 0 Å². The maximum absolute atomic E-state index is 5.18. The lowest BCUT2D eigenvalue weighted by molar-refractivity contribution is 0.147. The van der Waals surface area contributed by atoms with Gasteiger partial charge in [-0.3, -0.25) is 0 Å². The Morgan fingerprint density at radius 2 is 1.73 bits per heavy atom. The predicted molar refractivity (Wildman–Crippen MR) is 67.2 cm³/mol. The summed E-state index contributed by atoms with van der Waals surface area (Å²) in [6, 6.07) is 0.653. The van der Waals surface area contributed by atoms with E-state index in [1.165, 1.54) is 25.7 Å². The molecule has 0 aromatic rings. The molecule has 15 heavy (non-hydrogen) atoms. The second kappa shape index (κ2) is 9.17. The number of methoxy groups -OCH3 is 1. The molecule has 0 saturated heterocycles. The molecule has 0 fully saturated rings. The van der Waals surface area contributed by atoms with Crippen molar-refractivity contribution >= 4 is 0 Å². The maximum Gasteiger partial charge on any atom is 0.0488 e. The average molecular weight is 215 g/mol. The van der Waals surface area contributed by atoms with Gasteiger partial charge in [-0.15, -0.1) is 0 Å². The second-order valence-corrected chi connectivity index (χ2v) is 4.70. The molecule has 0 amide bonds. The zero-order chi connectivity index (χ0) is 11.7. The minimum atomic E-state index is 0.653. The van der Waals surface area contributed by atoms with Crippen molar-refractivity contribution in [2.45, 2.75) is 52.5 Å². The third kappa shape index (κ3) is 6.91. The smallest absolute Gasteiger partial charge is 0.0488 e. The van der Waals surface area contributed by atoms with E-state index in [2.05, 4.69) is 33.1 Å². The first kappa shape index (κ1) is 14.9. The van der Waals surface area contributed by atoms with Crippen molar-refractivity contribution in [2.75, 3.05) is 20.8 Å². The van der Waals surface area contributed by atoms with Gasteiger partial charge in [-0.25, -0.2) is 0 Å². The fraction of sp³-hybridized carbons (Fsp3) is 1.00. The van der Waals surface area contributed by atoms with Gasteiger partial charge in [0, 0.05) is 19.8 Å². The summed E-state index contributed by atoms with van der Waals surface area (Å²) in [5, 5.41) is 3.43. The Hall–Kier alpha value is -0.0800. The lowest BCUT2D eigenvalue weighted by Gasteiger charge is -2.24. The molecular weight excluding hydrogens is 186 g/mol. The molecule has 2 unspecified atom stereocenters. The van der Waals surface area contributed by atoms with Crippen LogP contribution in [-0.2, 0) is 4.74 Å². The van der Waals surface area contributed by atoms with Crippen LogP contribution >= 0.6 is 0 Å². The summed E-state index contributed by atoms with van der Waals surface area (Å²) in [5.41, 5.74) is 0. The van der Waals surface area contributed by atoms with Crippen molar-refractivity contribution < 1.29 is 4.74 Å². The number of nitrogens with one attached hydrogen (secondary N) is 1. The summed E-state index contributed by atoms with van der Waals surface area (Å²) in [7, 11) is 3.86. The topological polar surface area (TPSA) is 21.3 Å². The van der Waals surface area contributed by atoms with Crippen molar-refractivity contribution in [2.24, 2.45) is 11.8 Å². The normalized spacial score (nSPS) is 15.6. The summed E-state index contributed by atoms with van der Waals surface area (Å²) < 4.78 is 5.18. The SMILES string of the molecule is CCC(CC)CC(CC(C)COC)NC. The number of rotatable bonds is 9. The van der Waals surface area contributed by atoms with E-state index < -0.39 is 0 Å². The van der Waals surface area contributed by atoms with Crippen LogP contribution < -0.4 is 5.32 Å². The highest BCUT2D eigenvalue weighted by atomic mass is 16.5. The highest BCUT2D eigenvalue weighted by Gasteiger charge is 2.15. The molecule has 2 nitrogen and oxygen atoms in total. The Kier molecular flexibility index (Phi) is 9.12. The van der Waals surface area contributed by atoms with E-state index in [4.69, 9.17) is 4.74 Å². The van der Waals surface area contributed by atoms with Gasteiger partial charge in [-0.2, -0.15) is 0 Å². The Morgan fingerprint density at radius 1 is 1.13 bits per heavy atom. The molecule has 2 heteroatoms. The van der Waals surface area contributed by atoms with Crippen LogP contribution in [0.2, 0.25) is 0 Å². The van der Waals surface area contributed by atoms with Gasteiger partial charge in [-0.05, 0) is 31.7 Å². The second-order valence-electron chi connectivity index (χ2n) is 4.70. The summed E-state index contributed by atoms with van der Waals surface area (Å²) in [5.74, 6) is 1.53. The Labute approximate surface area is 95.8 Å². The molecule has 0 spiro atoms. The highest BCUT2D eigenvalue weighted by molar-refractivity contribution is 4.72. The van der Waals surface area contributed by atoms with E-state index in [1.54, 1.807) is 7.11 Å². The van der Waals surface area contributed by atoms with Gasteiger partial charge in [0.1, 0.15) is 0 Å². The van der Waals surface area contributed by atoms with Crippen molar-refractivity contribution in [1.82, 2.24) is 5.32 Å². The number of ether oxygens (including phenoxy) is 1. The molecule has 0 rings (SSSR count). The van der Waals surface area contributed by atoms with Crippen molar-refractivity contribution in [3.05, 3.63) is 0 Å². The van der Waals surface area contributed by atoms with Crippen molar-refractivity contribution in [1.29, 1.82) is 0 Å². The first-order valence-electron chi connectivity index (χ1n) is 6.33. The van der Waals surface area contributed by atoms with Crippen LogP contribution in [0.5, 0.6) is 0 Å². The molecule has 0 aromatic carbocycles. The minimum absolute atomic E-state index is 0.653. The van der Waals surface area contributed by atoms with Crippen LogP contribution in [-0.4, -0.2) is 26.8 Å². The van der Waals surface area contributed by atoms with Crippen LogP contribution in [0.15, 0.2) is 0 Å². The first-order chi connectivity index (χ1) is 7.17. The molecule has 0 aliphatic heterocycles. The van der Waals surface area contributed by atoms with Crippen LogP contribution in [0.3, 0.4) is 0 Å². The molecular formula is C13H29NO. The molecule has 0 saturated carbocycles. The van der Waals surface area contributed by atoms with Crippen LogP contribution in [0, 0.1) is 11.8 Å². The van der Waals surface area contributed by atoms with E-state index in [-0.39, 0.29) is 0 Å². The zero-order valence-corrected chi connectivity index (χ0v) is 11.2. The Balaban J connectivity index is 3.90. The molecule has 0 heterocycles. The monoisotopic (exact) mass is 215 g/mol. The Morgan fingerprint density at radius 3 is 2.13 bits per heavy atom. The van der Waals surface area contributed by atoms with E-state index in [0.717, 1.165) is 12.5 Å². The van der Waals surface area contributed by atoms with E-state index in [1.807, 2.05) is 0 Å². The summed E-state index contributed by atoms with van der Waals surface area (Å²) in [6.07, 6.45) is 5.12. The summed E-state index contributed by atoms with van der Waals surface area (Å²) in [4.78, 5) is 0. The van der Waals surface area contributed by atoms with E-state index in [0.29, 0.717) is 12.0 Å². The lowest BCUT2D eigenvalue weighted by atomic mass is 9.90. The molecule has 1 N–H and O–H groups in total. The minimum Gasteiger partial charge on any atom is -0.384 e. The van der Waals surface area contributed by atoms with E-state index in [9.17, 15) is 0 Å². The fourth-order valence-electron chi connectivity index (χ4n) is 2.19. The van der Waals surface area contributed by atoms with Gasteiger partial charge < -0.3 is 10.1 Å². The van der Waals surface area contributed by atoms with Crippen LogP contribution in [0.1, 0.15) is 46.5 Å². The molecule has 0 aliphatic rings. The number of hydrogen-bond donors (Lipinski definition) is 1. The summed E-state index contributed by atoms with van der Waals surface area (Å²) in [6.45, 7) is 7.72. The third-order valence-electron chi connectivity index (χ3n) is 3.32. The van der Waals surface area contributed by atoms with Crippen molar-refractivity contribution in [3.8, 4) is 0 Å². The quantitative estimate of drug-likeness (QED) is 0.638. The van der Waals surface area contributed by atoms with E-state index >= 15 is 0 Å². The molecule has 0 radical (unpaired) electrons. The fourth-order valence-corrected chi connectivity index (χ4v) is 2.19. The Bertz CT molecular complexity index is 134. The van der Waals surface area contributed by atoms with Gasteiger partial charge in [0.2, 0.25) is 0 Å². The van der Waals surface area contributed by atoms with Gasteiger partial charge in [0.15, 0.2) is 0 Å². The summed E-state index contributed by atoms with van der Waals surface area (Å²) >= 11 is 0. The zero-order valence-electron chi connectivity index (χ0n) is 11.2.